The minimum Gasteiger partial charge on any atom is -0.310 e. The highest BCUT2D eigenvalue weighted by Crippen LogP contribution is 2.42. The SMILES string of the molecule is c1ccc2c(-c3ccc(N(c4ccc(-c5ccc(-n6c7ccccc7c7ccccc76)cc5)cc4)c4ccc5c(c4)sc4ccccc45)cc3)cccc2c1. The molecule has 11 rings (SSSR count). The topological polar surface area (TPSA) is 8.17 Å². The first-order chi connectivity index (χ1) is 27.3. The lowest BCUT2D eigenvalue weighted by Gasteiger charge is -2.26. The average Bonchev–Trinajstić information content (AvgIpc) is 3.80. The lowest BCUT2D eigenvalue weighted by atomic mass is 9.98. The molecule has 0 aliphatic rings. The summed E-state index contributed by atoms with van der Waals surface area (Å²) in [6.07, 6.45) is 0. The zero-order chi connectivity index (χ0) is 36.3. The van der Waals surface area contributed by atoms with Gasteiger partial charge in [0.2, 0.25) is 0 Å². The summed E-state index contributed by atoms with van der Waals surface area (Å²) in [6, 6.07) is 75.1. The number of nitrogens with zero attached hydrogens (tertiary/aromatic N) is 2. The van der Waals surface area contributed by atoms with Gasteiger partial charge >= 0.3 is 0 Å². The number of hydrogen-bond acceptors (Lipinski definition) is 2. The Labute approximate surface area is 323 Å². The van der Waals surface area contributed by atoms with Crippen molar-refractivity contribution in [3.8, 4) is 27.9 Å². The number of aromatic nitrogens is 1. The lowest BCUT2D eigenvalue weighted by Crippen LogP contribution is -2.09. The van der Waals surface area contributed by atoms with Gasteiger partial charge < -0.3 is 9.47 Å². The van der Waals surface area contributed by atoms with Crippen LogP contribution in [0.1, 0.15) is 0 Å². The Morgan fingerprint density at radius 2 is 0.855 bits per heavy atom. The highest BCUT2D eigenvalue weighted by molar-refractivity contribution is 7.25. The van der Waals surface area contributed by atoms with Crippen molar-refractivity contribution in [3.63, 3.8) is 0 Å². The van der Waals surface area contributed by atoms with Crippen molar-refractivity contribution in [1.29, 1.82) is 0 Å². The molecule has 0 N–H and O–H groups in total. The predicted octanol–water partition coefficient (Wildman–Crippen LogP) is 15.1. The normalized spacial score (nSPS) is 11.6. The van der Waals surface area contributed by atoms with E-state index in [4.69, 9.17) is 0 Å². The number of hydrogen-bond donors (Lipinski definition) is 0. The standard InChI is InChI=1S/C52H34N2S/c1-2-12-43-37(10-1)11-9-16-44(43)38-24-30-40(31-25-38)53(42-32-33-48-47-15-5-8-19-51(47)55-52(48)34-42)39-26-20-35(21-27-39)36-22-28-41(29-23-36)54-49-17-6-3-13-45(49)46-14-4-7-18-50(46)54/h1-34H. The van der Waals surface area contributed by atoms with Gasteiger partial charge in [0.05, 0.1) is 11.0 Å². The highest BCUT2D eigenvalue weighted by atomic mass is 32.1. The van der Waals surface area contributed by atoms with Crippen molar-refractivity contribution in [3.05, 3.63) is 206 Å². The fourth-order valence-electron chi connectivity index (χ4n) is 8.37. The molecule has 3 heteroatoms. The third-order valence-electron chi connectivity index (χ3n) is 11.0. The second kappa shape index (κ2) is 12.9. The maximum absolute atomic E-state index is 2.38. The minimum atomic E-state index is 1.11. The molecule has 9 aromatic carbocycles. The number of anilines is 3. The minimum absolute atomic E-state index is 1.11. The van der Waals surface area contributed by atoms with Gasteiger partial charge in [-0.25, -0.2) is 0 Å². The summed E-state index contributed by atoms with van der Waals surface area (Å²) in [4.78, 5) is 2.38. The van der Waals surface area contributed by atoms with Crippen LogP contribution in [0.25, 0.3) is 80.7 Å². The van der Waals surface area contributed by atoms with Crippen LogP contribution in [-0.4, -0.2) is 4.57 Å². The zero-order valence-electron chi connectivity index (χ0n) is 29.9. The Balaban J connectivity index is 0.974. The molecule has 11 aromatic rings. The van der Waals surface area contributed by atoms with Crippen LogP contribution in [-0.2, 0) is 0 Å². The van der Waals surface area contributed by atoms with E-state index in [0.717, 1.165) is 22.7 Å². The molecule has 55 heavy (non-hydrogen) atoms. The van der Waals surface area contributed by atoms with Crippen LogP contribution in [0, 0.1) is 0 Å². The van der Waals surface area contributed by atoms with Gasteiger partial charge in [-0.05, 0) is 99.8 Å². The van der Waals surface area contributed by atoms with E-state index in [2.05, 4.69) is 216 Å². The zero-order valence-corrected chi connectivity index (χ0v) is 30.7. The number of rotatable bonds is 6. The van der Waals surface area contributed by atoms with Crippen molar-refractivity contribution in [1.82, 2.24) is 4.57 Å². The average molecular weight is 719 g/mol. The molecule has 0 fully saturated rings. The van der Waals surface area contributed by atoms with E-state index >= 15 is 0 Å². The molecule has 0 unspecified atom stereocenters. The largest absolute Gasteiger partial charge is 0.310 e. The van der Waals surface area contributed by atoms with Gasteiger partial charge in [0.1, 0.15) is 0 Å². The molecule has 258 valence electrons. The van der Waals surface area contributed by atoms with Gasteiger partial charge in [-0.3, -0.25) is 0 Å². The third kappa shape index (κ3) is 5.32. The second-order valence-corrected chi connectivity index (χ2v) is 15.2. The van der Waals surface area contributed by atoms with E-state index in [0.29, 0.717) is 0 Å². The van der Waals surface area contributed by atoms with Gasteiger partial charge in [0.25, 0.3) is 0 Å². The summed E-state index contributed by atoms with van der Waals surface area (Å²) in [6.45, 7) is 0. The Morgan fingerprint density at radius 1 is 0.345 bits per heavy atom. The molecule has 2 nitrogen and oxygen atoms in total. The maximum atomic E-state index is 2.38. The molecular formula is C52H34N2S. The number of benzene rings is 9. The summed E-state index contributed by atoms with van der Waals surface area (Å²) < 4.78 is 4.97. The lowest BCUT2D eigenvalue weighted by molar-refractivity contribution is 1.18. The van der Waals surface area contributed by atoms with Crippen LogP contribution in [0.5, 0.6) is 0 Å². The first-order valence-electron chi connectivity index (χ1n) is 18.8. The molecule has 0 radical (unpaired) electrons. The van der Waals surface area contributed by atoms with E-state index in [9.17, 15) is 0 Å². The van der Waals surface area contributed by atoms with Gasteiger partial charge in [-0.1, -0.05) is 140 Å². The van der Waals surface area contributed by atoms with Crippen LogP contribution in [0.3, 0.4) is 0 Å². The molecule has 0 aliphatic carbocycles. The van der Waals surface area contributed by atoms with Crippen LogP contribution in [0.15, 0.2) is 206 Å². The first kappa shape index (κ1) is 31.6. The number of thiophene rings is 1. The molecule has 0 saturated heterocycles. The third-order valence-corrected chi connectivity index (χ3v) is 12.1. The van der Waals surface area contributed by atoms with Crippen molar-refractivity contribution >= 4 is 81.1 Å². The van der Waals surface area contributed by atoms with Crippen LogP contribution < -0.4 is 4.90 Å². The first-order valence-corrected chi connectivity index (χ1v) is 19.6. The summed E-state index contributed by atoms with van der Waals surface area (Å²) in [5.41, 5.74) is 11.8. The summed E-state index contributed by atoms with van der Waals surface area (Å²) in [7, 11) is 0. The van der Waals surface area contributed by atoms with Gasteiger partial charge in [-0.2, -0.15) is 0 Å². The fourth-order valence-corrected chi connectivity index (χ4v) is 9.51. The van der Waals surface area contributed by atoms with E-state index < -0.39 is 0 Å². The molecule has 2 heterocycles. The maximum Gasteiger partial charge on any atom is 0.0541 e. The fraction of sp³-hybridized carbons (Fsp3) is 0. The van der Waals surface area contributed by atoms with E-state index in [1.54, 1.807) is 0 Å². The van der Waals surface area contributed by atoms with Crippen molar-refractivity contribution in [2.24, 2.45) is 0 Å². The Kier molecular flexibility index (Phi) is 7.39. The molecule has 0 amide bonds. The molecular weight excluding hydrogens is 685 g/mol. The summed E-state index contributed by atoms with van der Waals surface area (Å²) >= 11 is 1.86. The summed E-state index contributed by atoms with van der Waals surface area (Å²) in [5, 5.41) is 7.69. The molecule has 2 aromatic heterocycles. The second-order valence-electron chi connectivity index (χ2n) is 14.2. The predicted molar refractivity (Wildman–Crippen MR) is 237 cm³/mol. The molecule has 0 spiro atoms. The van der Waals surface area contributed by atoms with Crippen molar-refractivity contribution < 1.29 is 0 Å². The monoisotopic (exact) mass is 718 g/mol. The van der Waals surface area contributed by atoms with Crippen molar-refractivity contribution in [2.75, 3.05) is 4.90 Å². The van der Waals surface area contributed by atoms with Gasteiger partial charge in [-0.15, -0.1) is 11.3 Å². The smallest absolute Gasteiger partial charge is 0.0541 e. The number of fused-ring (bicyclic) bond motifs is 7. The summed E-state index contributed by atoms with van der Waals surface area (Å²) in [5.74, 6) is 0. The van der Waals surface area contributed by atoms with Crippen LogP contribution in [0.2, 0.25) is 0 Å². The Hall–Kier alpha value is -6.94. The van der Waals surface area contributed by atoms with Gasteiger partial charge in [0.15, 0.2) is 0 Å². The highest BCUT2D eigenvalue weighted by Gasteiger charge is 2.17. The van der Waals surface area contributed by atoms with E-state index in [1.165, 1.54) is 75.0 Å². The molecule has 0 saturated carbocycles. The van der Waals surface area contributed by atoms with Gasteiger partial charge in [0, 0.05) is 53.7 Å². The van der Waals surface area contributed by atoms with E-state index in [1.807, 2.05) is 11.3 Å². The van der Waals surface area contributed by atoms with Crippen molar-refractivity contribution in [2.45, 2.75) is 0 Å². The van der Waals surface area contributed by atoms with Crippen LogP contribution in [0.4, 0.5) is 17.1 Å². The Morgan fingerprint density at radius 3 is 1.55 bits per heavy atom. The Bertz CT molecular complexity index is 3130. The molecule has 0 bridgehead atoms. The molecule has 0 atom stereocenters. The molecule has 0 aliphatic heterocycles. The van der Waals surface area contributed by atoms with E-state index in [-0.39, 0.29) is 0 Å². The van der Waals surface area contributed by atoms with Crippen LogP contribution >= 0.6 is 11.3 Å². The number of para-hydroxylation sites is 2. The quantitative estimate of drug-likeness (QED) is 0.166.